The van der Waals surface area contributed by atoms with Gasteiger partial charge in [0.1, 0.15) is 67.0 Å². The average molecular weight is 1730 g/mol. The fourth-order valence-electron chi connectivity index (χ4n) is 22.2. The first-order valence-corrected chi connectivity index (χ1v) is 46.4. The van der Waals surface area contributed by atoms with E-state index in [4.69, 9.17) is 26.5 Å². The molecule has 0 spiro atoms. The molecule has 30 rings (SSSR count). The number of hydrogen-bond acceptors (Lipinski definition) is 6. The third-order valence-electron chi connectivity index (χ3n) is 28.2. The van der Waals surface area contributed by atoms with Gasteiger partial charge in [-0.15, -0.1) is 0 Å². The van der Waals surface area contributed by atoms with E-state index in [1.165, 1.54) is 159 Å². The number of furan rings is 6. The molecule has 0 aliphatic rings. The lowest BCUT2D eigenvalue weighted by Crippen LogP contribution is -1.91. The lowest BCUT2D eigenvalue weighted by atomic mass is 9.84. The van der Waals surface area contributed by atoms with Gasteiger partial charge in [0.05, 0.1) is 0 Å². The maximum atomic E-state index is 6.78. The molecule has 0 atom stereocenters. The number of para-hydroxylation sites is 4. The van der Waals surface area contributed by atoms with E-state index in [0.29, 0.717) is 0 Å². The largest absolute Gasteiger partial charge is 0.456 e. The molecule has 0 aliphatic heterocycles. The van der Waals surface area contributed by atoms with Crippen molar-refractivity contribution >= 4 is 207 Å². The summed E-state index contributed by atoms with van der Waals surface area (Å²) in [4.78, 5) is 0. The fourth-order valence-corrected chi connectivity index (χ4v) is 22.2. The molecule has 0 unspecified atom stereocenters. The summed E-state index contributed by atoms with van der Waals surface area (Å²) in [6.07, 6.45) is 0. The minimum absolute atomic E-state index is 0.828. The topological polar surface area (TPSA) is 78.8 Å². The van der Waals surface area contributed by atoms with Gasteiger partial charge in [0.2, 0.25) is 0 Å². The lowest BCUT2D eigenvalue weighted by molar-refractivity contribution is 0.655. The SMILES string of the molecule is c1ccc(-c2c3ccccc3c(-c3ccc4oc5ccc6oc7ccccc7c6c5c4c3)c3ccccc23)cc1.c1ccc(-c2ccc(-c3ccc(-c4c5ccccc5c(-c5cccc6c5oc5cc7oc8ccccc8c7cc56)c5ccccc45)cc3)cc2)cc1.c1ccc2c(-c3c4ccccc4c(-c4ccc5oc6cc7oc8ccccc8c7cc6c5c4)c4ccccc34)cccc2c1. The Bertz CT molecular complexity index is 10000. The van der Waals surface area contributed by atoms with Crippen LogP contribution in [0.15, 0.2) is 488 Å². The molecule has 0 saturated carbocycles. The van der Waals surface area contributed by atoms with Crippen LogP contribution in [0.4, 0.5) is 0 Å². The smallest absolute Gasteiger partial charge is 0.143 e. The molecule has 0 radical (unpaired) electrons. The summed E-state index contributed by atoms with van der Waals surface area (Å²) in [6.45, 7) is 0. The highest BCUT2D eigenvalue weighted by Gasteiger charge is 2.27. The monoisotopic (exact) mass is 1730 g/mol. The predicted octanol–water partition coefficient (Wildman–Crippen LogP) is 37.9. The molecule has 6 heteroatoms. The van der Waals surface area contributed by atoms with Crippen molar-refractivity contribution in [2.24, 2.45) is 0 Å². The van der Waals surface area contributed by atoms with Gasteiger partial charge in [0.15, 0.2) is 0 Å². The molecule has 6 nitrogen and oxygen atoms in total. The zero-order chi connectivity index (χ0) is 89.2. The van der Waals surface area contributed by atoms with Crippen molar-refractivity contribution in [3.8, 4) is 89.0 Å². The third-order valence-corrected chi connectivity index (χ3v) is 28.2. The van der Waals surface area contributed by atoms with Crippen LogP contribution in [0.2, 0.25) is 0 Å². The van der Waals surface area contributed by atoms with Gasteiger partial charge in [0, 0.05) is 87.9 Å². The molecule has 30 aromatic rings. The molecule has 136 heavy (non-hydrogen) atoms. The van der Waals surface area contributed by atoms with Crippen LogP contribution in [0, 0.1) is 0 Å². The first-order chi connectivity index (χ1) is 67.4. The summed E-state index contributed by atoms with van der Waals surface area (Å²) >= 11 is 0. The van der Waals surface area contributed by atoms with Gasteiger partial charge in [-0.1, -0.05) is 382 Å². The maximum absolute atomic E-state index is 6.78. The second-order valence-electron chi connectivity index (χ2n) is 35.6. The van der Waals surface area contributed by atoms with E-state index in [-0.39, 0.29) is 0 Å². The van der Waals surface area contributed by atoms with Gasteiger partial charge in [-0.3, -0.25) is 0 Å². The third kappa shape index (κ3) is 12.1. The van der Waals surface area contributed by atoms with Crippen molar-refractivity contribution in [3.05, 3.63) is 461 Å². The molecule has 0 saturated heterocycles. The standard InChI is InChI=1S/C50H30O2.C42H24O2.C38H22O2/c1-2-11-31(12-3-1)32-21-23-33(24-22-32)34-25-27-35(28-26-34)48-37-14-4-6-16-39(37)49(40-17-7-5-15-38(40)48)42-19-10-18-41-44-29-43-36-13-8-9-20-45(36)51-46(43)30-47(44)52-50(41)42;1-2-12-27-25(10-1)11-9-18-29(27)42-32-16-5-3-14-30(32)41(31-15-4-6-17-33(31)42)26-20-21-38-34(22-26)36-23-35-28-13-7-8-19-37(28)43-39(35)24-40(36)44-38;1-2-10-23(11-3-1)35-25-12-4-6-14-27(25)36(28-15-7-5-13-26(28)35)24-18-19-32-30(22-24)38-34(40-32)21-20-33-37(38)29-16-8-9-17-31(29)39-33/h1-30H;1-24H;1-22H. The highest BCUT2D eigenvalue weighted by molar-refractivity contribution is 6.31. The minimum Gasteiger partial charge on any atom is -0.456 e. The Morgan fingerprint density at radius 1 is 0.110 bits per heavy atom. The van der Waals surface area contributed by atoms with Crippen molar-refractivity contribution < 1.29 is 26.5 Å². The molecule has 6 heterocycles. The Kier molecular flexibility index (Phi) is 17.4. The molecule has 0 fully saturated rings. The highest BCUT2D eigenvalue weighted by atomic mass is 16.4. The van der Waals surface area contributed by atoms with Crippen molar-refractivity contribution in [1.29, 1.82) is 0 Å². The van der Waals surface area contributed by atoms with Crippen molar-refractivity contribution in [2.45, 2.75) is 0 Å². The van der Waals surface area contributed by atoms with Crippen LogP contribution in [-0.4, -0.2) is 0 Å². The Morgan fingerprint density at radius 3 is 0.838 bits per heavy atom. The first kappa shape index (κ1) is 76.7. The van der Waals surface area contributed by atoms with Crippen LogP contribution in [-0.2, 0) is 0 Å². The van der Waals surface area contributed by atoms with Crippen LogP contribution >= 0.6 is 0 Å². The second kappa shape index (κ2) is 30.8. The molecular weight excluding hydrogens is 1660 g/mol. The minimum atomic E-state index is 0.828. The summed E-state index contributed by atoms with van der Waals surface area (Å²) in [5, 5.41) is 30.6. The molecule has 632 valence electrons. The van der Waals surface area contributed by atoms with Crippen LogP contribution < -0.4 is 0 Å². The summed E-state index contributed by atoms with van der Waals surface area (Å²) in [7, 11) is 0. The zero-order valence-corrected chi connectivity index (χ0v) is 73.3. The Labute approximate surface area is 778 Å². The van der Waals surface area contributed by atoms with E-state index < -0.39 is 0 Å². The molecule has 6 aromatic heterocycles. The second-order valence-corrected chi connectivity index (χ2v) is 35.6. The quantitative estimate of drug-likeness (QED) is 0.141. The zero-order valence-electron chi connectivity index (χ0n) is 73.3. The van der Waals surface area contributed by atoms with E-state index in [1.54, 1.807) is 0 Å². The van der Waals surface area contributed by atoms with Crippen molar-refractivity contribution in [2.75, 3.05) is 0 Å². The molecule has 0 N–H and O–H groups in total. The number of fused-ring (bicyclic) bond motifs is 26. The number of benzene rings is 24. The van der Waals surface area contributed by atoms with Gasteiger partial charge in [-0.2, -0.15) is 0 Å². The number of rotatable bonds is 8. The molecule has 24 aromatic carbocycles. The van der Waals surface area contributed by atoms with Gasteiger partial charge in [0.25, 0.3) is 0 Å². The molecule has 0 amide bonds. The normalized spacial score (nSPS) is 12.0. The highest BCUT2D eigenvalue weighted by Crippen LogP contribution is 2.53. The van der Waals surface area contributed by atoms with Gasteiger partial charge >= 0.3 is 0 Å². The van der Waals surface area contributed by atoms with Gasteiger partial charge in [-0.05, 0) is 220 Å². The lowest BCUT2D eigenvalue weighted by Gasteiger charge is -2.18. The Hall–Kier alpha value is -18.1. The van der Waals surface area contributed by atoms with Crippen molar-refractivity contribution in [1.82, 2.24) is 0 Å². The van der Waals surface area contributed by atoms with E-state index in [1.807, 2.05) is 54.6 Å². The van der Waals surface area contributed by atoms with Crippen LogP contribution in [0.5, 0.6) is 0 Å². The molecular formula is C130H76O6. The van der Waals surface area contributed by atoms with E-state index in [9.17, 15) is 0 Å². The summed E-state index contributed by atoms with van der Waals surface area (Å²) in [6, 6.07) is 164. The van der Waals surface area contributed by atoms with Crippen LogP contribution in [0.3, 0.4) is 0 Å². The fraction of sp³-hybridized carbons (Fsp3) is 0. The van der Waals surface area contributed by atoms with Crippen LogP contribution in [0.25, 0.3) is 296 Å². The summed E-state index contributed by atoms with van der Waals surface area (Å²) < 4.78 is 38.2. The summed E-state index contributed by atoms with van der Waals surface area (Å²) in [5.41, 5.74) is 29.9. The maximum Gasteiger partial charge on any atom is 0.143 e. The molecule has 0 aliphatic carbocycles. The van der Waals surface area contributed by atoms with E-state index in [0.717, 1.165) is 137 Å². The first-order valence-electron chi connectivity index (χ1n) is 46.4. The number of hydrogen-bond donors (Lipinski definition) is 0. The van der Waals surface area contributed by atoms with Gasteiger partial charge < -0.3 is 26.5 Å². The van der Waals surface area contributed by atoms with Gasteiger partial charge in [-0.25, -0.2) is 0 Å². The van der Waals surface area contributed by atoms with E-state index >= 15 is 0 Å². The van der Waals surface area contributed by atoms with E-state index in [2.05, 4.69) is 406 Å². The summed E-state index contributed by atoms with van der Waals surface area (Å²) in [5.74, 6) is 0. The van der Waals surface area contributed by atoms with Crippen LogP contribution in [0.1, 0.15) is 0 Å². The Morgan fingerprint density at radius 2 is 0.368 bits per heavy atom. The average Bonchev–Trinajstić information content (AvgIpc) is 1.33. The molecule has 0 bridgehead atoms. The Balaban J connectivity index is 0.000000102. The predicted molar refractivity (Wildman–Crippen MR) is 569 cm³/mol. The van der Waals surface area contributed by atoms with Crippen molar-refractivity contribution in [3.63, 3.8) is 0 Å².